The zero-order valence-electron chi connectivity index (χ0n) is 23.8. The Morgan fingerprint density at radius 3 is 2.15 bits per heavy atom. The topological polar surface area (TPSA) is 75.7 Å². The van der Waals surface area contributed by atoms with Crippen LogP contribution in [0.25, 0.3) is 11.1 Å². The second kappa shape index (κ2) is 11.0. The minimum absolute atomic E-state index is 0.00719. The van der Waals surface area contributed by atoms with Crippen molar-refractivity contribution in [2.24, 2.45) is 5.92 Å². The van der Waals surface area contributed by atoms with Crippen LogP contribution in [0.15, 0.2) is 60.7 Å². The summed E-state index contributed by atoms with van der Waals surface area (Å²) in [7, 11) is 1.25. The number of alkyl halides is 3. The summed E-state index contributed by atoms with van der Waals surface area (Å²) in [4.78, 5) is 39.8. The summed E-state index contributed by atoms with van der Waals surface area (Å²) in [6.45, 7) is 9.86. The van der Waals surface area contributed by atoms with Crippen LogP contribution < -0.4 is 5.32 Å². The van der Waals surface area contributed by atoms with Crippen LogP contribution >= 0.6 is 0 Å². The molecule has 0 unspecified atom stereocenters. The quantitative estimate of drug-likeness (QED) is 0.324. The van der Waals surface area contributed by atoms with Crippen molar-refractivity contribution in [2.75, 3.05) is 12.4 Å². The number of halogens is 3. The first kappa shape index (κ1) is 29.8. The highest BCUT2D eigenvalue weighted by molar-refractivity contribution is 6.05. The van der Waals surface area contributed by atoms with E-state index >= 15 is 0 Å². The number of hydrogen-bond donors (Lipinski definition) is 1. The first-order chi connectivity index (χ1) is 19.1. The fourth-order valence-corrected chi connectivity index (χ4v) is 5.03. The normalized spacial score (nSPS) is 14.2. The molecule has 1 heterocycles. The van der Waals surface area contributed by atoms with Gasteiger partial charge < -0.3 is 15.0 Å². The lowest BCUT2D eigenvalue weighted by atomic mass is 9.86. The molecular weight excluding hydrogens is 533 g/mol. The predicted molar refractivity (Wildman–Crippen MR) is 150 cm³/mol. The second-order valence-corrected chi connectivity index (χ2v) is 11.6. The molecule has 6 nitrogen and oxygen atoms in total. The minimum Gasteiger partial charge on any atom is -0.467 e. The van der Waals surface area contributed by atoms with Crippen molar-refractivity contribution in [3.8, 4) is 11.1 Å². The lowest BCUT2D eigenvalue weighted by Crippen LogP contribution is -2.45. The fourth-order valence-electron chi connectivity index (χ4n) is 5.03. The third kappa shape index (κ3) is 6.14. The van der Waals surface area contributed by atoms with E-state index in [4.69, 9.17) is 4.74 Å². The molecule has 0 aromatic heterocycles. The van der Waals surface area contributed by atoms with Crippen LogP contribution in [-0.4, -0.2) is 35.8 Å². The standard InChI is InChI=1S/C32H33F3N2O4/c1-18(2)27(30(40)41-6)37-17-21-8-7-20(15-25(21)29(37)39)24-14-13-23(16-26(24)32(33,34)35)36-28(38)19-9-11-22(12-10-19)31(3,4)5/h7-16,18,27H,17H2,1-6H3,(H,36,38)/t27-/m0/s1. The Labute approximate surface area is 237 Å². The summed E-state index contributed by atoms with van der Waals surface area (Å²) in [5.41, 5.74) is 1.20. The zero-order valence-corrected chi connectivity index (χ0v) is 23.8. The predicted octanol–water partition coefficient (Wildman–Crippen LogP) is 7.08. The lowest BCUT2D eigenvalue weighted by Gasteiger charge is -2.28. The van der Waals surface area contributed by atoms with E-state index in [1.807, 2.05) is 32.9 Å². The number of methoxy groups -OCH3 is 1. The number of nitrogens with zero attached hydrogens (tertiary/aromatic N) is 1. The summed E-state index contributed by atoms with van der Waals surface area (Å²) in [6, 6.07) is 14.2. The highest BCUT2D eigenvalue weighted by Crippen LogP contribution is 2.40. The average Bonchev–Trinajstić information content (AvgIpc) is 3.22. The monoisotopic (exact) mass is 566 g/mol. The summed E-state index contributed by atoms with van der Waals surface area (Å²) in [5.74, 6) is -1.75. The van der Waals surface area contributed by atoms with E-state index in [1.165, 1.54) is 36.3 Å². The van der Waals surface area contributed by atoms with E-state index < -0.39 is 35.6 Å². The largest absolute Gasteiger partial charge is 0.467 e. The molecular formula is C32H33F3N2O4. The minimum atomic E-state index is -4.73. The van der Waals surface area contributed by atoms with E-state index in [0.29, 0.717) is 11.1 Å². The smallest absolute Gasteiger partial charge is 0.417 e. The fraction of sp³-hybridized carbons (Fsp3) is 0.344. The molecule has 1 aliphatic heterocycles. The maximum atomic E-state index is 14.2. The summed E-state index contributed by atoms with van der Waals surface area (Å²) in [6.07, 6.45) is -4.73. The summed E-state index contributed by atoms with van der Waals surface area (Å²) >= 11 is 0. The molecule has 0 saturated heterocycles. The second-order valence-electron chi connectivity index (χ2n) is 11.6. The molecule has 0 fully saturated rings. The van der Waals surface area contributed by atoms with E-state index in [0.717, 1.165) is 11.6 Å². The van der Waals surface area contributed by atoms with E-state index in [-0.39, 0.29) is 40.3 Å². The number of ether oxygens (including phenoxy) is 1. The van der Waals surface area contributed by atoms with Crippen LogP contribution in [0.4, 0.5) is 18.9 Å². The molecule has 1 aliphatic rings. The molecule has 4 rings (SSSR count). The number of hydrogen-bond acceptors (Lipinski definition) is 4. The molecule has 1 N–H and O–H groups in total. The highest BCUT2D eigenvalue weighted by atomic mass is 19.4. The Morgan fingerprint density at radius 2 is 1.59 bits per heavy atom. The summed E-state index contributed by atoms with van der Waals surface area (Å²) < 4.78 is 47.6. The molecule has 0 aliphatic carbocycles. The van der Waals surface area contributed by atoms with Gasteiger partial charge in [-0.25, -0.2) is 4.79 Å². The molecule has 3 aromatic carbocycles. The number of rotatable bonds is 6. The van der Waals surface area contributed by atoms with Gasteiger partial charge in [0.15, 0.2) is 0 Å². The molecule has 0 radical (unpaired) electrons. The molecule has 216 valence electrons. The van der Waals surface area contributed by atoms with Gasteiger partial charge in [-0.2, -0.15) is 13.2 Å². The third-order valence-electron chi connectivity index (χ3n) is 7.26. The molecule has 0 saturated carbocycles. The van der Waals surface area contributed by atoms with Gasteiger partial charge in [0, 0.05) is 23.4 Å². The van der Waals surface area contributed by atoms with Gasteiger partial charge >= 0.3 is 12.1 Å². The van der Waals surface area contributed by atoms with Crippen LogP contribution in [0.3, 0.4) is 0 Å². The lowest BCUT2D eigenvalue weighted by molar-refractivity contribution is -0.147. The van der Waals surface area contributed by atoms with Crippen molar-refractivity contribution in [1.82, 2.24) is 4.90 Å². The van der Waals surface area contributed by atoms with Crippen LogP contribution in [0.2, 0.25) is 0 Å². The first-order valence-electron chi connectivity index (χ1n) is 13.3. The van der Waals surface area contributed by atoms with Gasteiger partial charge in [0.05, 0.1) is 12.7 Å². The number of fused-ring (bicyclic) bond motifs is 1. The maximum absolute atomic E-state index is 14.2. The number of nitrogens with one attached hydrogen (secondary N) is 1. The van der Waals surface area contributed by atoms with Gasteiger partial charge in [0.1, 0.15) is 6.04 Å². The van der Waals surface area contributed by atoms with Gasteiger partial charge in [0.2, 0.25) is 0 Å². The molecule has 1 atom stereocenters. The summed E-state index contributed by atoms with van der Waals surface area (Å²) in [5, 5.41) is 2.56. The van der Waals surface area contributed by atoms with Crippen LogP contribution in [0.5, 0.6) is 0 Å². The van der Waals surface area contributed by atoms with Crippen LogP contribution in [0, 0.1) is 5.92 Å². The van der Waals surface area contributed by atoms with Gasteiger partial charge in [0.25, 0.3) is 11.8 Å². The van der Waals surface area contributed by atoms with Crippen molar-refractivity contribution in [3.63, 3.8) is 0 Å². The Bertz CT molecular complexity index is 1490. The van der Waals surface area contributed by atoms with E-state index in [9.17, 15) is 27.6 Å². The van der Waals surface area contributed by atoms with Gasteiger partial charge in [-0.1, -0.05) is 65.0 Å². The number of anilines is 1. The van der Waals surface area contributed by atoms with E-state index in [1.54, 1.807) is 32.0 Å². The first-order valence-corrected chi connectivity index (χ1v) is 13.3. The molecule has 41 heavy (non-hydrogen) atoms. The Hall–Kier alpha value is -4.14. The van der Waals surface area contributed by atoms with Gasteiger partial charge in [-0.15, -0.1) is 0 Å². The highest BCUT2D eigenvalue weighted by Gasteiger charge is 2.39. The number of carbonyl (C=O) groups excluding carboxylic acids is 3. The zero-order chi connectivity index (χ0) is 30.3. The average molecular weight is 567 g/mol. The van der Waals surface area contributed by atoms with Gasteiger partial charge in [-0.05, 0) is 63.9 Å². The number of benzene rings is 3. The van der Waals surface area contributed by atoms with Crippen molar-refractivity contribution in [3.05, 3.63) is 88.5 Å². The van der Waals surface area contributed by atoms with Crippen LogP contribution in [-0.2, 0) is 27.7 Å². The maximum Gasteiger partial charge on any atom is 0.417 e. The third-order valence-corrected chi connectivity index (χ3v) is 7.26. The molecule has 2 amide bonds. The molecule has 0 spiro atoms. The van der Waals surface area contributed by atoms with Gasteiger partial charge in [-0.3, -0.25) is 9.59 Å². The molecule has 3 aromatic rings. The number of amides is 2. The number of esters is 1. The van der Waals surface area contributed by atoms with Crippen LogP contribution in [0.1, 0.15) is 72.0 Å². The molecule has 0 bridgehead atoms. The Kier molecular flexibility index (Phi) is 8.02. The van der Waals surface area contributed by atoms with Crippen molar-refractivity contribution >= 4 is 23.5 Å². The van der Waals surface area contributed by atoms with Crippen molar-refractivity contribution in [2.45, 2.75) is 58.8 Å². The SMILES string of the molecule is COC(=O)[C@H](C(C)C)N1Cc2ccc(-c3ccc(NC(=O)c4ccc(C(C)(C)C)cc4)cc3C(F)(F)F)cc2C1=O. The van der Waals surface area contributed by atoms with Crippen molar-refractivity contribution in [1.29, 1.82) is 0 Å². The number of carbonyl (C=O) groups is 3. The Balaban J connectivity index is 1.64. The Morgan fingerprint density at radius 1 is 0.927 bits per heavy atom. The van der Waals surface area contributed by atoms with Crippen molar-refractivity contribution < 1.29 is 32.3 Å². The molecule has 9 heteroatoms. The van der Waals surface area contributed by atoms with E-state index in [2.05, 4.69) is 5.32 Å².